The standard InChI is InChI=1S/C12H15N5/c1-8-4-3-5-10(6-8)15-12-14-9(2)7-11(16-12)17-13/h3-7H,13H2,1-2H3,(H2,14,15,16,17). The minimum Gasteiger partial charge on any atom is -0.324 e. The van der Waals surface area contributed by atoms with Gasteiger partial charge < -0.3 is 10.7 Å². The van der Waals surface area contributed by atoms with Gasteiger partial charge in [0, 0.05) is 17.4 Å². The van der Waals surface area contributed by atoms with Gasteiger partial charge in [-0.25, -0.2) is 10.8 Å². The van der Waals surface area contributed by atoms with E-state index in [0.29, 0.717) is 11.8 Å². The van der Waals surface area contributed by atoms with Gasteiger partial charge in [0.25, 0.3) is 0 Å². The zero-order valence-electron chi connectivity index (χ0n) is 9.86. The second kappa shape index (κ2) is 4.80. The molecule has 2 aromatic rings. The Hall–Kier alpha value is -2.14. The van der Waals surface area contributed by atoms with E-state index in [1.165, 1.54) is 5.56 Å². The van der Waals surface area contributed by atoms with Crippen molar-refractivity contribution in [3.63, 3.8) is 0 Å². The molecule has 5 nitrogen and oxygen atoms in total. The summed E-state index contributed by atoms with van der Waals surface area (Å²) in [4.78, 5) is 8.51. The highest BCUT2D eigenvalue weighted by Crippen LogP contribution is 2.16. The van der Waals surface area contributed by atoms with E-state index in [-0.39, 0.29) is 0 Å². The highest BCUT2D eigenvalue weighted by atomic mass is 15.3. The number of nitrogen functional groups attached to an aromatic ring is 1. The average molecular weight is 229 g/mol. The Morgan fingerprint density at radius 2 is 1.94 bits per heavy atom. The van der Waals surface area contributed by atoms with Gasteiger partial charge in [-0.3, -0.25) is 0 Å². The fourth-order valence-electron chi connectivity index (χ4n) is 1.55. The van der Waals surface area contributed by atoms with Crippen LogP contribution in [0.1, 0.15) is 11.3 Å². The maximum absolute atomic E-state index is 5.34. The molecule has 0 aliphatic carbocycles. The Kier molecular flexibility index (Phi) is 3.20. The van der Waals surface area contributed by atoms with E-state index >= 15 is 0 Å². The van der Waals surface area contributed by atoms with Gasteiger partial charge in [0.2, 0.25) is 5.95 Å². The molecule has 0 radical (unpaired) electrons. The van der Waals surface area contributed by atoms with Gasteiger partial charge in [-0.2, -0.15) is 4.98 Å². The lowest BCUT2D eigenvalue weighted by atomic mass is 10.2. The van der Waals surface area contributed by atoms with Crippen molar-refractivity contribution in [3.8, 4) is 0 Å². The van der Waals surface area contributed by atoms with Crippen LogP contribution in [0.3, 0.4) is 0 Å². The van der Waals surface area contributed by atoms with Gasteiger partial charge in [-0.15, -0.1) is 0 Å². The zero-order chi connectivity index (χ0) is 12.3. The van der Waals surface area contributed by atoms with Gasteiger partial charge >= 0.3 is 0 Å². The molecule has 88 valence electrons. The Bertz CT molecular complexity index is 524. The molecule has 0 amide bonds. The van der Waals surface area contributed by atoms with Crippen molar-refractivity contribution in [2.45, 2.75) is 13.8 Å². The lowest BCUT2D eigenvalue weighted by Gasteiger charge is -2.08. The average Bonchev–Trinajstić information content (AvgIpc) is 2.28. The van der Waals surface area contributed by atoms with Crippen molar-refractivity contribution < 1.29 is 0 Å². The second-order valence-corrected chi connectivity index (χ2v) is 3.86. The molecular weight excluding hydrogens is 214 g/mol. The molecule has 1 aromatic carbocycles. The minimum absolute atomic E-state index is 0.531. The number of aromatic nitrogens is 2. The summed E-state index contributed by atoms with van der Waals surface area (Å²) in [5.74, 6) is 6.46. The molecule has 4 N–H and O–H groups in total. The number of hydrogen-bond donors (Lipinski definition) is 3. The quantitative estimate of drug-likeness (QED) is 0.555. The fourth-order valence-corrected chi connectivity index (χ4v) is 1.55. The van der Waals surface area contributed by atoms with Crippen LogP contribution < -0.4 is 16.6 Å². The third kappa shape index (κ3) is 2.92. The first-order chi connectivity index (χ1) is 8.17. The van der Waals surface area contributed by atoms with Gasteiger partial charge in [0.1, 0.15) is 5.82 Å². The number of anilines is 3. The van der Waals surface area contributed by atoms with Crippen LogP contribution in [0.4, 0.5) is 17.5 Å². The summed E-state index contributed by atoms with van der Waals surface area (Å²) >= 11 is 0. The molecule has 0 aliphatic heterocycles. The van der Waals surface area contributed by atoms with Crippen LogP contribution in [-0.2, 0) is 0 Å². The van der Waals surface area contributed by atoms with Gasteiger partial charge in [-0.1, -0.05) is 12.1 Å². The summed E-state index contributed by atoms with van der Waals surface area (Å²) in [5, 5.41) is 3.14. The summed E-state index contributed by atoms with van der Waals surface area (Å²) in [7, 11) is 0. The van der Waals surface area contributed by atoms with E-state index < -0.39 is 0 Å². The van der Waals surface area contributed by atoms with Crippen molar-refractivity contribution in [1.29, 1.82) is 0 Å². The molecule has 1 heterocycles. The number of nitrogens with one attached hydrogen (secondary N) is 2. The van der Waals surface area contributed by atoms with Gasteiger partial charge in [-0.05, 0) is 31.5 Å². The van der Waals surface area contributed by atoms with E-state index in [1.807, 2.05) is 38.1 Å². The lowest BCUT2D eigenvalue weighted by molar-refractivity contribution is 1.09. The molecule has 0 spiro atoms. The van der Waals surface area contributed by atoms with Crippen LogP contribution in [0.5, 0.6) is 0 Å². The van der Waals surface area contributed by atoms with Crippen molar-refractivity contribution >= 4 is 17.5 Å². The predicted molar refractivity (Wildman–Crippen MR) is 69.0 cm³/mol. The molecule has 1 aromatic heterocycles. The van der Waals surface area contributed by atoms with E-state index in [2.05, 4.69) is 20.7 Å². The molecule has 5 heteroatoms. The summed E-state index contributed by atoms with van der Waals surface area (Å²) in [6.07, 6.45) is 0. The van der Waals surface area contributed by atoms with Crippen LogP contribution >= 0.6 is 0 Å². The molecule has 17 heavy (non-hydrogen) atoms. The largest absolute Gasteiger partial charge is 0.324 e. The normalized spacial score (nSPS) is 10.1. The third-order valence-electron chi connectivity index (χ3n) is 2.28. The van der Waals surface area contributed by atoms with E-state index in [1.54, 1.807) is 6.07 Å². The van der Waals surface area contributed by atoms with Crippen LogP contribution in [0.2, 0.25) is 0 Å². The van der Waals surface area contributed by atoms with Crippen molar-refractivity contribution in [3.05, 3.63) is 41.6 Å². The summed E-state index contributed by atoms with van der Waals surface area (Å²) in [6.45, 7) is 3.93. The molecule has 0 fully saturated rings. The fraction of sp³-hybridized carbons (Fsp3) is 0.167. The maximum atomic E-state index is 5.34. The van der Waals surface area contributed by atoms with E-state index in [9.17, 15) is 0 Å². The van der Waals surface area contributed by atoms with E-state index in [4.69, 9.17) is 5.84 Å². The number of benzene rings is 1. The molecular formula is C12H15N5. The highest BCUT2D eigenvalue weighted by molar-refractivity contribution is 5.55. The summed E-state index contributed by atoms with van der Waals surface area (Å²) in [5.41, 5.74) is 5.50. The Balaban J connectivity index is 2.26. The van der Waals surface area contributed by atoms with Crippen molar-refractivity contribution in [1.82, 2.24) is 9.97 Å². The van der Waals surface area contributed by atoms with Gasteiger partial charge in [0.05, 0.1) is 0 Å². The smallest absolute Gasteiger partial charge is 0.229 e. The number of hydrazine groups is 1. The van der Waals surface area contributed by atoms with Crippen molar-refractivity contribution in [2.75, 3.05) is 10.7 Å². The molecule has 0 saturated heterocycles. The molecule has 0 saturated carbocycles. The number of hydrogen-bond acceptors (Lipinski definition) is 5. The first-order valence-corrected chi connectivity index (χ1v) is 5.33. The monoisotopic (exact) mass is 229 g/mol. The molecule has 0 bridgehead atoms. The lowest BCUT2D eigenvalue weighted by Crippen LogP contribution is -2.10. The topological polar surface area (TPSA) is 75.9 Å². The Labute approximate surface area is 100 Å². The maximum Gasteiger partial charge on any atom is 0.229 e. The number of nitrogens with two attached hydrogens (primary N) is 1. The number of rotatable bonds is 3. The van der Waals surface area contributed by atoms with Crippen molar-refractivity contribution in [2.24, 2.45) is 5.84 Å². The van der Waals surface area contributed by atoms with Gasteiger partial charge in [0.15, 0.2) is 0 Å². The second-order valence-electron chi connectivity index (χ2n) is 3.86. The highest BCUT2D eigenvalue weighted by Gasteiger charge is 2.01. The summed E-state index contributed by atoms with van der Waals surface area (Å²) in [6, 6.07) is 9.79. The molecule has 0 aliphatic rings. The molecule has 2 rings (SSSR count). The Morgan fingerprint density at radius 1 is 1.12 bits per heavy atom. The minimum atomic E-state index is 0.531. The first-order valence-electron chi connectivity index (χ1n) is 5.33. The van der Waals surface area contributed by atoms with Crippen LogP contribution in [0.15, 0.2) is 30.3 Å². The van der Waals surface area contributed by atoms with Crippen LogP contribution in [0, 0.1) is 13.8 Å². The third-order valence-corrected chi connectivity index (χ3v) is 2.28. The number of aryl methyl sites for hydroxylation is 2. The first kappa shape index (κ1) is 11.3. The SMILES string of the molecule is Cc1cccc(Nc2nc(C)cc(NN)n2)c1. The van der Waals surface area contributed by atoms with E-state index in [0.717, 1.165) is 11.4 Å². The van der Waals surface area contributed by atoms with Crippen LogP contribution in [-0.4, -0.2) is 9.97 Å². The molecule has 0 unspecified atom stereocenters. The number of nitrogens with zero attached hydrogens (tertiary/aromatic N) is 2. The predicted octanol–water partition coefficient (Wildman–Crippen LogP) is 2.12. The van der Waals surface area contributed by atoms with Crippen LogP contribution in [0.25, 0.3) is 0 Å². The molecule has 0 atom stereocenters. The summed E-state index contributed by atoms with van der Waals surface area (Å²) < 4.78 is 0. The zero-order valence-corrected chi connectivity index (χ0v) is 9.86. The Morgan fingerprint density at radius 3 is 2.65 bits per heavy atom.